The van der Waals surface area contributed by atoms with E-state index >= 15 is 0 Å². The van der Waals surface area contributed by atoms with Gasteiger partial charge in [0.15, 0.2) is 0 Å². The van der Waals surface area contributed by atoms with Crippen LogP contribution in [0.4, 0.5) is 0 Å². The van der Waals surface area contributed by atoms with E-state index in [2.05, 4.69) is 19.2 Å². The van der Waals surface area contributed by atoms with Crippen LogP contribution in [0.25, 0.3) is 0 Å². The summed E-state index contributed by atoms with van der Waals surface area (Å²) in [6.07, 6.45) is 2.80. The molecule has 1 aliphatic carbocycles. The monoisotopic (exact) mass is 258 g/mol. The molecule has 1 amide bonds. The fourth-order valence-electron chi connectivity index (χ4n) is 2.66. The first-order valence-corrected chi connectivity index (χ1v) is 7.27. The zero-order valence-electron chi connectivity index (χ0n) is 10.6. The average Bonchev–Trinajstić information content (AvgIpc) is 2.55. The van der Waals surface area contributed by atoms with Crippen LogP contribution in [0.2, 0.25) is 0 Å². The maximum atomic E-state index is 11.7. The van der Waals surface area contributed by atoms with E-state index in [4.69, 9.17) is 10.5 Å². The van der Waals surface area contributed by atoms with Crippen LogP contribution in [0.5, 0.6) is 0 Å². The van der Waals surface area contributed by atoms with Gasteiger partial charge >= 0.3 is 0 Å². The highest BCUT2D eigenvalue weighted by Crippen LogP contribution is 2.40. The number of ether oxygens (including phenoxy) is 1. The summed E-state index contributed by atoms with van der Waals surface area (Å²) in [6.45, 7) is 5.85. The van der Waals surface area contributed by atoms with E-state index in [0.29, 0.717) is 16.5 Å². The van der Waals surface area contributed by atoms with Gasteiger partial charge in [-0.05, 0) is 33.1 Å². The van der Waals surface area contributed by atoms with Crippen molar-refractivity contribution in [2.24, 2.45) is 5.73 Å². The van der Waals surface area contributed by atoms with Gasteiger partial charge in [-0.3, -0.25) is 4.79 Å². The van der Waals surface area contributed by atoms with Crippen LogP contribution in [0.1, 0.15) is 33.1 Å². The Morgan fingerprint density at radius 3 is 2.65 bits per heavy atom. The lowest BCUT2D eigenvalue weighted by atomic mass is 9.96. The summed E-state index contributed by atoms with van der Waals surface area (Å²) in [7, 11) is 0. The predicted molar refractivity (Wildman–Crippen MR) is 70.0 cm³/mol. The van der Waals surface area contributed by atoms with Crippen molar-refractivity contribution in [1.82, 2.24) is 5.32 Å². The Kier molecular flexibility index (Phi) is 4.00. The van der Waals surface area contributed by atoms with E-state index in [0.717, 1.165) is 32.5 Å². The Hall–Kier alpha value is -0.260. The second-order valence-electron chi connectivity index (χ2n) is 5.41. The Morgan fingerprint density at radius 2 is 2.18 bits per heavy atom. The molecule has 1 heterocycles. The number of nitrogens with one attached hydrogen (secondary N) is 1. The average molecular weight is 258 g/mol. The molecule has 2 aliphatic rings. The van der Waals surface area contributed by atoms with E-state index in [1.807, 2.05) is 11.8 Å². The Bertz CT molecular complexity index is 294. The third kappa shape index (κ3) is 2.95. The van der Waals surface area contributed by atoms with Crippen molar-refractivity contribution in [2.45, 2.75) is 55.2 Å². The lowest BCUT2D eigenvalue weighted by Crippen LogP contribution is -2.56. The molecule has 98 valence electrons. The first-order valence-electron chi connectivity index (χ1n) is 6.33. The first kappa shape index (κ1) is 13.2. The van der Waals surface area contributed by atoms with E-state index in [1.54, 1.807) is 0 Å². The van der Waals surface area contributed by atoms with Crippen molar-refractivity contribution in [3.63, 3.8) is 0 Å². The second kappa shape index (κ2) is 5.16. The molecule has 1 saturated heterocycles. The molecule has 1 saturated carbocycles. The summed E-state index contributed by atoms with van der Waals surface area (Å²) >= 11 is 1.97. The molecular formula is C12H22N2O2S. The highest BCUT2D eigenvalue weighted by molar-refractivity contribution is 8.00. The lowest BCUT2D eigenvalue weighted by molar-refractivity contribution is -0.124. The third-order valence-corrected chi connectivity index (χ3v) is 4.94. The van der Waals surface area contributed by atoms with Gasteiger partial charge in [0.25, 0.3) is 0 Å². The van der Waals surface area contributed by atoms with Gasteiger partial charge in [0.2, 0.25) is 5.91 Å². The van der Waals surface area contributed by atoms with Crippen LogP contribution in [-0.2, 0) is 9.53 Å². The zero-order chi connectivity index (χ0) is 12.5. The third-order valence-electron chi connectivity index (χ3n) is 3.50. The minimum atomic E-state index is -0.476. The molecule has 0 aromatic rings. The van der Waals surface area contributed by atoms with Crippen LogP contribution < -0.4 is 11.1 Å². The molecule has 5 heteroatoms. The normalized spacial score (nSPS) is 33.9. The van der Waals surface area contributed by atoms with E-state index < -0.39 is 5.54 Å². The van der Waals surface area contributed by atoms with E-state index in [9.17, 15) is 4.79 Å². The van der Waals surface area contributed by atoms with E-state index in [-0.39, 0.29) is 5.91 Å². The molecule has 0 bridgehead atoms. The highest BCUT2D eigenvalue weighted by atomic mass is 32.2. The number of nitrogens with two attached hydrogens (primary N) is 1. The van der Waals surface area contributed by atoms with Gasteiger partial charge in [-0.2, -0.15) is 11.8 Å². The van der Waals surface area contributed by atoms with E-state index in [1.165, 1.54) is 0 Å². The topological polar surface area (TPSA) is 64.3 Å². The Labute approximate surface area is 107 Å². The Balaban J connectivity index is 1.92. The molecule has 0 spiro atoms. The molecule has 2 rings (SSSR count). The van der Waals surface area contributed by atoms with Gasteiger partial charge < -0.3 is 15.8 Å². The highest BCUT2D eigenvalue weighted by Gasteiger charge is 2.45. The van der Waals surface area contributed by atoms with Crippen molar-refractivity contribution < 1.29 is 9.53 Å². The van der Waals surface area contributed by atoms with Crippen molar-refractivity contribution in [1.29, 1.82) is 0 Å². The molecular weight excluding hydrogens is 236 g/mol. The second-order valence-corrected chi connectivity index (χ2v) is 7.01. The molecule has 0 radical (unpaired) electrons. The molecule has 0 aromatic carbocycles. The summed E-state index contributed by atoms with van der Waals surface area (Å²) in [6, 6.07) is 0.290. The molecule has 1 aliphatic heterocycles. The smallest absolute Gasteiger partial charge is 0.237 e. The number of thioether (sulfide) groups is 1. The maximum absolute atomic E-state index is 11.7. The molecule has 2 fully saturated rings. The van der Waals surface area contributed by atoms with Gasteiger partial charge in [0, 0.05) is 11.3 Å². The molecule has 0 aromatic heterocycles. The summed E-state index contributed by atoms with van der Waals surface area (Å²) in [4.78, 5) is 11.7. The zero-order valence-corrected chi connectivity index (χ0v) is 11.4. The molecule has 17 heavy (non-hydrogen) atoms. The number of hydrogen-bond acceptors (Lipinski definition) is 4. The molecule has 2 unspecified atom stereocenters. The van der Waals surface area contributed by atoms with Crippen molar-refractivity contribution in [2.75, 3.05) is 13.2 Å². The number of primary amides is 1. The number of carbonyl (C=O) groups excluding carboxylic acids is 1. The predicted octanol–water partition coefficient (Wildman–Crippen LogP) is 0.893. The fourth-order valence-corrected chi connectivity index (χ4v) is 4.19. The summed E-state index contributed by atoms with van der Waals surface area (Å²) in [5.41, 5.74) is 5.11. The summed E-state index contributed by atoms with van der Waals surface area (Å²) in [5, 5.41) is 4.55. The molecule has 4 nitrogen and oxygen atoms in total. The maximum Gasteiger partial charge on any atom is 0.237 e. The minimum Gasteiger partial charge on any atom is -0.379 e. The first-order chi connectivity index (χ1) is 8.02. The largest absolute Gasteiger partial charge is 0.379 e. The van der Waals surface area contributed by atoms with Crippen LogP contribution in [-0.4, -0.2) is 41.2 Å². The SMILES string of the molecule is CC(C)NC1(C(N)=O)CCC(SC2COC2)C1. The fraction of sp³-hybridized carbons (Fsp3) is 0.917. The van der Waals surface area contributed by atoms with Crippen LogP contribution in [0, 0.1) is 0 Å². The van der Waals surface area contributed by atoms with Gasteiger partial charge in [-0.25, -0.2) is 0 Å². The van der Waals surface area contributed by atoms with Gasteiger partial charge in [0.05, 0.1) is 24.0 Å². The summed E-state index contributed by atoms with van der Waals surface area (Å²) < 4.78 is 5.18. The van der Waals surface area contributed by atoms with Crippen LogP contribution >= 0.6 is 11.8 Å². The number of amides is 1. The van der Waals surface area contributed by atoms with Crippen molar-refractivity contribution in [3.05, 3.63) is 0 Å². The standard InChI is InChI=1S/C12H22N2O2S/c1-8(2)14-12(11(13)15)4-3-9(5-12)17-10-6-16-7-10/h8-10,14H,3-7H2,1-2H3,(H2,13,15). The van der Waals surface area contributed by atoms with Crippen molar-refractivity contribution in [3.8, 4) is 0 Å². The minimum absolute atomic E-state index is 0.195. The number of rotatable bonds is 5. The van der Waals surface area contributed by atoms with Gasteiger partial charge in [0.1, 0.15) is 0 Å². The van der Waals surface area contributed by atoms with Crippen molar-refractivity contribution >= 4 is 17.7 Å². The Morgan fingerprint density at radius 1 is 1.47 bits per heavy atom. The van der Waals surface area contributed by atoms with Gasteiger partial charge in [-0.15, -0.1) is 0 Å². The van der Waals surface area contributed by atoms with Gasteiger partial charge in [-0.1, -0.05) is 0 Å². The number of hydrogen-bond donors (Lipinski definition) is 2. The van der Waals surface area contributed by atoms with Crippen LogP contribution in [0.3, 0.4) is 0 Å². The molecule has 3 N–H and O–H groups in total. The lowest BCUT2D eigenvalue weighted by Gasteiger charge is -2.31. The molecule has 2 atom stereocenters. The number of carbonyl (C=O) groups is 1. The summed E-state index contributed by atoms with van der Waals surface area (Å²) in [5.74, 6) is -0.195. The quantitative estimate of drug-likeness (QED) is 0.769. The van der Waals surface area contributed by atoms with Crippen LogP contribution in [0.15, 0.2) is 0 Å².